The summed E-state index contributed by atoms with van der Waals surface area (Å²) in [5.74, 6) is 1.46. The number of rotatable bonds is 6. The highest BCUT2D eigenvalue weighted by molar-refractivity contribution is 5.44. The minimum atomic E-state index is -0.557. The molecule has 1 aromatic carbocycles. The van der Waals surface area contributed by atoms with Crippen LogP contribution in [0.5, 0.6) is 11.5 Å². The van der Waals surface area contributed by atoms with Gasteiger partial charge in [-0.15, -0.1) is 0 Å². The van der Waals surface area contributed by atoms with Gasteiger partial charge in [-0.25, -0.2) is 0 Å². The van der Waals surface area contributed by atoms with Crippen LogP contribution in [-0.2, 0) is 0 Å². The Morgan fingerprint density at radius 1 is 1.24 bits per heavy atom. The molecule has 0 saturated carbocycles. The van der Waals surface area contributed by atoms with E-state index in [4.69, 9.17) is 9.47 Å². The number of benzene rings is 1. The van der Waals surface area contributed by atoms with Gasteiger partial charge in [0.15, 0.2) is 11.5 Å². The molecule has 0 bridgehead atoms. The molecule has 21 heavy (non-hydrogen) atoms. The van der Waals surface area contributed by atoms with E-state index in [1.54, 1.807) is 0 Å². The van der Waals surface area contributed by atoms with Crippen molar-refractivity contribution in [3.63, 3.8) is 0 Å². The Morgan fingerprint density at radius 2 is 1.90 bits per heavy atom. The highest BCUT2D eigenvalue weighted by atomic mass is 16.6. The topological polar surface area (TPSA) is 54.0 Å². The largest absolute Gasteiger partial charge is 0.486 e. The third kappa shape index (κ3) is 4.09. The second kappa shape index (κ2) is 6.64. The van der Waals surface area contributed by atoms with Gasteiger partial charge in [0.1, 0.15) is 13.2 Å². The number of likely N-dealkylation sites (N-methyl/N-ethyl adjacent to an activating group) is 1. The molecule has 0 saturated heterocycles. The summed E-state index contributed by atoms with van der Waals surface area (Å²) in [6.07, 6.45) is -0.557. The van der Waals surface area contributed by atoms with Crippen molar-refractivity contribution in [3.8, 4) is 11.5 Å². The van der Waals surface area contributed by atoms with E-state index in [1.807, 2.05) is 18.2 Å². The first kappa shape index (κ1) is 16.1. The summed E-state index contributed by atoms with van der Waals surface area (Å²) in [7, 11) is 4.11. The molecule has 2 rings (SSSR count). The molecule has 2 N–H and O–H groups in total. The quantitative estimate of drug-likeness (QED) is 0.831. The van der Waals surface area contributed by atoms with Crippen molar-refractivity contribution in [2.24, 2.45) is 0 Å². The van der Waals surface area contributed by atoms with Gasteiger partial charge in [0.25, 0.3) is 0 Å². The number of hydrogen-bond acceptors (Lipinski definition) is 5. The fourth-order valence-electron chi connectivity index (χ4n) is 2.06. The Labute approximate surface area is 126 Å². The Morgan fingerprint density at radius 3 is 2.57 bits per heavy atom. The summed E-state index contributed by atoms with van der Waals surface area (Å²) in [6.45, 7) is 6.78. The summed E-state index contributed by atoms with van der Waals surface area (Å²) >= 11 is 0. The monoisotopic (exact) mass is 294 g/mol. The van der Waals surface area contributed by atoms with E-state index in [-0.39, 0.29) is 5.54 Å². The Balaban J connectivity index is 1.90. The van der Waals surface area contributed by atoms with Crippen LogP contribution < -0.4 is 14.8 Å². The van der Waals surface area contributed by atoms with Crippen LogP contribution in [-0.4, -0.2) is 55.9 Å². The van der Waals surface area contributed by atoms with Crippen LogP contribution in [0.15, 0.2) is 18.2 Å². The van der Waals surface area contributed by atoms with Crippen molar-refractivity contribution in [3.05, 3.63) is 23.8 Å². The molecule has 1 unspecified atom stereocenters. The first-order chi connectivity index (χ1) is 9.90. The van der Waals surface area contributed by atoms with Crippen LogP contribution in [0, 0.1) is 0 Å². The van der Waals surface area contributed by atoms with Crippen molar-refractivity contribution in [1.82, 2.24) is 10.2 Å². The predicted octanol–water partition coefficient (Wildman–Crippen LogP) is 1.42. The number of ether oxygens (including phenoxy) is 2. The normalized spacial score (nSPS) is 16.1. The van der Waals surface area contributed by atoms with Gasteiger partial charge >= 0.3 is 0 Å². The third-order valence-corrected chi connectivity index (χ3v) is 4.06. The van der Waals surface area contributed by atoms with E-state index >= 15 is 0 Å². The van der Waals surface area contributed by atoms with Crippen molar-refractivity contribution in [2.75, 3.05) is 40.4 Å². The molecular weight excluding hydrogens is 268 g/mol. The lowest BCUT2D eigenvalue weighted by atomic mass is 10.0. The number of fused-ring (bicyclic) bond motifs is 1. The Bertz CT molecular complexity index is 475. The van der Waals surface area contributed by atoms with Crippen molar-refractivity contribution >= 4 is 0 Å². The average molecular weight is 294 g/mol. The van der Waals surface area contributed by atoms with Crippen LogP contribution >= 0.6 is 0 Å². The van der Waals surface area contributed by atoms with E-state index in [1.165, 1.54) is 0 Å². The van der Waals surface area contributed by atoms with Crippen LogP contribution in [0.2, 0.25) is 0 Å². The van der Waals surface area contributed by atoms with Crippen LogP contribution in [0.3, 0.4) is 0 Å². The highest BCUT2D eigenvalue weighted by Crippen LogP contribution is 2.32. The lowest BCUT2D eigenvalue weighted by molar-refractivity contribution is 0.149. The van der Waals surface area contributed by atoms with E-state index < -0.39 is 6.10 Å². The molecular formula is C16H26N2O3. The van der Waals surface area contributed by atoms with Crippen LogP contribution in [0.4, 0.5) is 0 Å². The fraction of sp³-hybridized carbons (Fsp3) is 0.625. The molecule has 5 nitrogen and oxygen atoms in total. The summed E-state index contributed by atoms with van der Waals surface area (Å²) < 4.78 is 11.0. The lowest BCUT2D eigenvalue weighted by Gasteiger charge is -2.33. The number of hydrogen-bond donors (Lipinski definition) is 2. The predicted molar refractivity (Wildman–Crippen MR) is 83.0 cm³/mol. The maximum Gasteiger partial charge on any atom is 0.161 e. The van der Waals surface area contributed by atoms with Gasteiger partial charge in [0.2, 0.25) is 0 Å². The number of aliphatic hydroxyl groups excluding tert-OH is 1. The van der Waals surface area contributed by atoms with Gasteiger partial charge in [-0.3, -0.25) is 0 Å². The molecule has 0 radical (unpaired) electrons. The average Bonchev–Trinajstić information content (AvgIpc) is 2.46. The molecule has 1 aliphatic heterocycles. The zero-order valence-corrected chi connectivity index (χ0v) is 13.3. The van der Waals surface area contributed by atoms with Crippen LogP contribution in [0.1, 0.15) is 25.5 Å². The molecule has 1 aliphatic rings. The molecule has 1 aromatic rings. The second-order valence-electron chi connectivity index (χ2n) is 6.26. The molecule has 0 aromatic heterocycles. The lowest BCUT2D eigenvalue weighted by Crippen LogP contribution is -2.47. The standard InChI is InChI=1S/C16H26N2O3/c1-16(2,18(3)4)11-17-10-13(19)12-5-6-14-15(9-12)21-8-7-20-14/h5-6,9,13,17,19H,7-8,10-11H2,1-4H3. The van der Waals surface area contributed by atoms with Gasteiger partial charge < -0.3 is 24.8 Å². The number of nitrogens with zero attached hydrogens (tertiary/aromatic N) is 1. The zero-order valence-electron chi connectivity index (χ0n) is 13.3. The van der Waals surface area contributed by atoms with E-state index in [0.717, 1.165) is 17.9 Å². The smallest absolute Gasteiger partial charge is 0.161 e. The van der Waals surface area contributed by atoms with E-state index in [2.05, 4.69) is 38.2 Å². The van der Waals surface area contributed by atoms with Crippen molar-refractivity contribution in [2.45, 2.75) is 25.5 Å². The highest BCUT2D eigenvalue weighted by Gasteiger charge is 2.21. The number of aliphatic hydroxyl groups is 1. The second-order valence-corrected chi connectivity index (χ2v) is 6.26. The van der Waals surface area contributed by atoms with Crippen molar-refractivity contribution in [1.29, 1.82) is 0 Å². The summed E-state index contributed by atoms with van der Waals surface area (Å²) in [5, 5.41) is 13.6. The number of nitrogens with one attached hydrogen (secondary N) is 1. The van der Waals surface area contributed by atoms with Gasteiger partial charge in [0, 0.05) is 18.6 Å². The molecule has 1 atom stereocenters. The Kier molecular flexibility index (Phi) is 5.08. The summed E-state index contributed by atoms with van der Waals surface area (Å²) in [5.41, 5.74) is 0.890. The van der Waals surface area contributed by atoms with E-state index in [0.29, 0.717) is 25.5 Å². The fourth-order valence-corrected chi connectivity index (χ4v) is 2.06. The molecule has 0 spiro atoms. The molecule has 1 heterocycles. The van der Waals surface area contributed by atoms with Gasteiger partial charge in [-0.05, 0) is 45.6 Å². The molecule has 0 amide bonds. The minimum Gasteiger partial charge on any atom is -0.486 e. The van der Waals surface area contributed by atoms with Crippen LogP contribution in [0.25, 0.3) is 0 Å². The molecule has 5 heteroatoms. The maximum absolute atomic E-state index is 10.3. The molecule has 118 valence electrons. The maximum atomic E-state index is 10.3. The molecule has 0 aliphatic carbocycles. The zero-order chi connectivity index (χ0) is 15.5. The first-order valence-corrected chi connectivity index (χ1v) is 7.36. The van der Waals surface area contributed by atoms with Gasteiger partial charge in [0.05, 0.1) is 6.10 Å². The first-order valence-electron chi connectivity index (χ1n) is 7.36. The van der Waals surface area contributed by atoms with Gasteiger partial charge in [-0.2, -0.15) is 0 Å². The van der Waals surface area contributed by atoms with Gasteiger partial charge in [-0.1, -0.05) is 6.07 Å². The molecule has 0 fully saturated rings. The van der Waals surface area contributed by atoms with Crippen molar-refractivity contribution < 1.29 is 14.6 Å². The summed E-state index contributed by atoms with van der Waals surface area (Å²) in [6, 6.07) is 5.60. The SMILES string of the molecule is CN(C)C(C)(C)CNCC(O)c1ccc2c(c1)OCCO2. The summed E-state index contributed by atoms with van der Waals surface area (Å²) in [4.78, 5) is 2.16. The minimum absolute atomic E-state index is 0.0481. The Hall–Kier alpha value is -1.30. The van der Waals surface area contributed by atoms with E-state index in [9.17, 15) is 5.11 Å². The third-order valence-electron chi connectivity index (χ3n) is 4.06.